The van der Waals surface area contributed by atoms with E-state index in [1.165, 1.54) is 13.0 Å². The number of hydrogen-bond acceptors (Lipinski definition) is 2. The Labute approximate surface area is 83.3 Å². The van der Waals surface area contributed by atoms with E-state index in [-0.39, 0.29) is 5.78 Å². The minimum Gasteiger partial charge on any atom is -0.299 e. The van der Waals surface area contributed by atoms with Gasteiger partial charge >= 0.3 is 0 Å². The minimum absolute atomic E-state index is 0.0132. The van der Waals surface area contributed by atoms with E-state index in [9.17, 15) is 9.59 Å². The molecular weight excluding hydrogens is 176 g/mol. The van der Waals surface area contributed by atoms with Crippen LogP contribution >= 0.6 is 0 Å². The van der Waals surface area contributed by atoms with Gasteiger partial charge in [0.15, 0.2) is 5.78 Å². The summed E-state index contributed by atoms with van der Waals surface area (Å²) in [4.78, 5) is 21.4. The van der Waals surface area contributed by atoms with E-state index < -0.39 is 0 Å². The predicted octanol–water partition coefficient (Wildman–Crippen LogP) is 2.41. The van der Waals surface area contributed by atoms with Crippen molar-refractivity contribution in [2.24, 2.45) is 0 Å². The van der Waals surface area contributed by atoms with Crippen molar-refractivity contribution in [3.8, 4) is 0 Å². The van der Waals surface area contributed by atoms with Crippen LogP contribution in [0.2, 0.25) is 0 Å². The molecule has 0 N–H and O–H groups in total. The summed E-state index contributed by atoms with van der Waals surface area (Å²) in [5, 5.41) is 0. The lowest BCUT2D eigenvalue weighted by Gasteiger charge is -2.02. The fraction of sp³-hybridized carbons (Fsp3) is 0.167. The van der Waals surface area contributed by atoms with Crippen molar-refractivity contribution in [3.05, 3.63) is 41.0 Å². The number of aryl methyl sites for hydroxylation is 1. The first-order valence-electron chi connectivity index (χ1n) is 4.38. The van der Waals surface area contributed by atoms with Crippen LogP contribution in [0.4, 0.5) is 0 Å². The Balaban J connectivity index is 3.21. The second-order valence-corrected chi connectivity index (χ2v) is 3.14. The maximum atomic E-state index is 11.3. The molecule has 1 rings (SSSR count). The molecule has 0 heterocycles. The van der Waals surface area contributed by atoms with Gasteiger partial charge in [0.2, 0.25) is 0 Å². The molecule has 0 fully saturated rings. The highest BCUT2D eigenvalue weighted by Gasteiger charge is 2.04. The molecule has 0 saturated heterocycles. The number of carbonyl (C=O) groups is 2. The molecule has 1 aromatic carbocycles. The summed E-state index contributed by atoms with van der Waals surface area (Å²) in [6.45, 7) is 3.45. The van der Waals surface area contributed by atoms with Gasteiger partial charge in [-0.2, -0.15) is 0 Å². The number of Topliss-reactive ketones (excluding diaryl/α,β-unsaturated/α-hetero) is 1. The summed E-state index contributed by atoms with van der Waals surface area (Å²) in [7, 11) is 0. The number of rotatable bonds is 3. The molecular formula is C12H12O2. The lowest BCUT2D eigenvalue weighted by Crippen LogP contribution is -1.96. The lowest BCUT2D eigenvalue weighted by molar-refractivity contribution is -0.104. The quantitative estimate of drug-likeness (QED) is 0.414. The first kappa shape index (κ1) is 10.4. The molecule has 0 aromatic heterocycles. The number of benzene rings is 1. The maximum absolute atomic E-state index is 11.3. The summed E-state index contributed by atoms with van der Waals surface area (Å²) in [6.07, 6.45) is 3.73. The molecule has 0 spiro atoms. The molecule has 0 radical (unpaired) electrons. The Bertz CT molecular complexity index is 389. The number of hydrogen-bond donors (Lipinski definition) is 0. The third-order valence-corrected chi connectivity index (χ3v) is 1.94. The first-order chi connectivity index (χ1) is 6.65. The molecule has 0 aliphatic carbocycles. The lowest BCUT2D eigenvalue weighted by atomic mass is 10.0. The molecule has 0 amide bonds. The summed E-state index contributed by atoms with van der Waals surface area (Å²) in [5.41, 5.74) is 2.48. The fourth-order valence-corrected chi connectivity index (χ4v) is 1.26. The Hall–Kier alpha value is -1.70. The van der Waals surface area contributed by atoms with Gasteiger partial charge in [-0.1, -0.05) is 23.8 Å². The molecule has 0 atom stereocenters. The summed E-state index contributed by atoms with van der Waals surface area (Å²) in [5.74, 6) is 0.0132. The monoisotopic (exact) mass is 188 g/mol. The number of ketones is 1. The Morgan fingerprint density at radius 3 is 2.64 bits per heavy atom. The summed E-state index contributed by atoms with van der Waals surface area (Å²) < 4.78 is 0. The van der Waals surface area contributed by atoms with Gasteiger partial charge in [-0.25, -0.2) is 0 Å². The zero-order valence-electron chi connectivity index (χ0n) is 8.28. The van der Waals surface area contributed by atoms with Gasteiger partial charge in [-0.3, -0.25) is 9.59 Å². The Morgan fingerprint density at radius 2 is 2.07 bits per heavy atom. The minimum atomic E-state index is 0.0132. The van der Waals surface area contributed by atoms with Gasteiger partial charge in [0.05, 0.1) is 0 Å². The molecule has 0 aliphatic rings. The van der Waals surface area contributed by atoms with Crippen LogP contribution in [0.15, 0.2) is 24.3 Å². The van der Waals surface area contributed by atoms with Gasteiger partial charge in [0, 0.05) is 5.56 Å². The van der Waals surface area contributed by atoms with E-state index >= 15 is 0 Å². The van der Waals surface area contributed by atoms with E-state index in [0.29, 0.717) is 11.8 Å². The van der Waals surface area contributed by atoms with Crippen molar-refractivity contribution < 1.29 is 9.59 Å². The van der Waals surface area contributed by atoms with E-state index in [2.05, 4.69) is 0 Å². The number of allylic oxidation sites excluding steroid dienone is 1. The Morgan fingerprint density at radius 1 is 1.36 bits per heavy atom. The average Bonchev–Trinajstić information content (AvgIpc) is 2.15. The largest absolute Gasteiger partial charge is 0.299 e. The normalized spacial score (nSPS) is 10.4. The predicted molar refractivity (Wildman–Crippen MR) is 56.3 cm³/mol. The van der Waals surface area contributed by atoms with Crippen LogP contribution in [0.5, 0.6) is 0 Å². The van der Waals surface area contributed by atoms with Crippen LogP contribution in [0.3, 0.4) is 0 Å². The summed E-state index contributed by atoms with van der Waals surface area (Å²) >= 11 is 0. The molecule has 2 nitrogen and oxygen atoms in total. The molecule has 0 aliphatic heterocycles. The van der Waals surface area contributed by atoms with E-state index in [1.54, 1.807) is 6.08 Å². The molecule has 2 heteroatoms. The molecule has 0 unspecified atom stereocenters. The van der Waals surface area contributed by atoms with Gasteiger partial charge < -0.3 is 0 Å². The maximum Gasteiger partial charge on any atom is 0.160 e. The Kier molecular flexibility index (Phi) is 3.35. The summed E-state index contributed by atoms with van der Waals surface area (Å²) in [6, 6.07) is 5.58. The SMILES string of the molecule is CC(=O)c1cc(C)ccc1/C=C/C=O. The van der Waals surface area contributed by atoms with Crippen molar-refractivity contribution in [3.63, 3.8) is 0 Å². The average molecular weight is 188 g/mol. The van der Waals surface area contributed by atoms with Crippen molar-refractivity contribution >= 4 is 18.1 Å². The van der Waals surface area contributed by atoms with Crippen LogP contribution in [-0.2, 0) is 4.79 Å². The van der Waals surface area contributed by atoms with Crippen LogP contribution < -0.4 is 0 Å². The smallest absolute Gasteiger partial charge is 0.160 e. The molecule has 1 aromatic rings. The van der Waals surface area contributed by atoms with Gasteiger partial charge in [-0.05, 0) is 31.6 Å². The zero-order chi connectivity index (χ0) is 10.6. The topological polar surface area (TPSA) is 34.1 Å². The first-order valence-corrected chi connectivity index (χ1v) is 4.38. The fourth-order valence-electron chi connectivity index (χ4n) is 1.26. The van der Waals surface area contributed by atoms with Crippen LogP contribution in [-0.4, -0.2) is 12.1 Å². The van der Waals surface area contributed by atoms with Crippen LogP contribution in [0, 0.1) is 6.92 Å². The van der Waals surface area contributed by atoms with E-state index in [4.69, 9.17) is 0 Å². The van der Waals surface area contributed by atoms with Crippen molar-refractivity contribution in [1.82, 2.24) is 0 Å². The van der Waals surface area contributed by atoms with Crippen molar-refractivity contribution in [2.75, 3.05) is 0 Å². The third-order valence-electron chi connectivity index (χ3n) is 1.94. The zero-order valence-corrected chi connectivity index (χ0v) is 8.28. The standard InChI is InChI=1S/C12H12O2/c1-9-5-6-11(4-3-7-13)12(8-9)10(2)14/h3-8H,1-2H3/b4-3+. The highest BCUT2D eigenvalue weighted by Crippen LogP contribution is 2.13. The molecule has 72 valence electrons. The van der Waals surface area contributed by atoms with Crippen LogP contribution in [0.25, 0.3) is 6.08 Å². The van der Waals surface area contributed by atoms with Crippen molar-refractivity contribution in [1.29, 1.82) is 0 Å². The van der Waals surface area contributed by atoms with Gasteiger partial charge in [0.25, 0.3) is 0 Å². The molecule has 0 bridgehead atoms. The third kappa shape index (κ3) is 2.39. The molecule has 0 saturated carbocycles. The number of aldehydes is 1. The van der Waals surface area contributed by atoms with Crippen LogP contribution in [0.1, 0.15) is 28.4 Å². The van der Waals surface area contributed by atoms with Crippen molar-refractivity contribution in [2.45, 2.75) is 13.8 Å². The highest BCUT2D eigenvalue weighted by molar-refractivity contribution is 5.98. The second kappa shape index (κ2) is 4.51. The van der Waals surface area contributed by atoms with E-state index in [1.807, 2.05) is 25.1 Å². The van der Waals surface area contributed by atoms with Gasteiger partial charge in [0.1, 0.15) is 6.29 Å². The molecule has 14 heavy (non-hydrogen) atoms. The second-order valence-electron chi connectivity index (χ2n) is 3.14. The van der Waals surface area contributed by atoms with E-state index in [0.717, 1.165) is 11.1 Å². The van der Waals surface area contributed by atoms with Gasteiger partial charge in [-0.15, -0.1) is 0 Å². The number of carbonyl (C=O) groups excluding carboxylic acids is 2. The highest BCUT2D eigenvalue weighted by atomic mass is 16.1.